The molecule has 0 atom stereocenters. The Morgan fingerprint density at radius 1 is 1.32 bits per heavy atom. The van der Waals surface area contributed by atoms with E-state index in [-0.39, 0.29) is 0 Å². The Morgan fingerprint density at radius 2 is 2.16 bits per heavy atom. The maximum Gasteiger partial charge on any atom is 0.201 e. The number of hydrogen-bond donors (Lipinski definition) is 1. The molecule has 3 aromatic rings. The van der Waals surface area contributed by atoms with Crippen molar-refractivity contribution in [2.24, 2.45) is 7.05 Å². The van der Waals surface area contributed by atoms with Crippen molar-refractivity contribution in [2.45, 2.75) is 19.9 Å². The summed E-state index contributed by atoms with van der Waals surface area (Å²) < 4.78 is 3.88. The zero-order valence-corrected chi connectivity index (χ0v) is 11.2. The average Bonchev–Trinajstić information content (AvgIpc) is 2.92. The van der Waals surface area contributed by atoms with E-state index in [1.807, 2.05) is 30.2 Å². The van der Waals surface area contributed by atoms with E-state index in [2.05, 4.69) is 33.7 Å². The van der Waals surface area contributed by atoms with E-state index in [1.54, 1.807) is 0 Å². The van der Waals surface area contributed by atoms with Gasteiger partial charge < -0.3 is 10.3 Å². The first-order valence-corrected chi connectivity index (χ1v) is 6.34. The lowest BCUT2D eigenvalue weighted by Crippen LogP contribution is -2.05. The number of nitrogens with zero attached hydrogens (tertiary/aromatic N) is 4. The van der Waals surface area contributed by atoms with Gasteiger partial charge in [-0.2, -0.15) is 5.10 Å². The highest BCUT2D eigenvalue weighted by Crippen LogP contribution is 2.21. The first kappa shape index (κ1) is 11.8. The quantitative estimate of drug-likeness (QED) is 0.777. The summed E-state index contributed by atoms with van der Waals surface area (Å²) in [7, 11) is 1.92. The van der Waals surface area contributed by atoms with E-state index < -0.39 is 0 Å². The molecule has 0 amide bonds. The third kappa shape index (κ3) is 2.07. The maximum atomic E-state index is 6.02. The van der Waals surface area contributed by atoms with E-state index >= 15 is 0 Å². The molecule has 0 radical (unpaired) electrons. The van der Waals surface area contributed by atoms with Gasteiger partial charge in [0.1, 0.15) is 0 Å². The summed E-state index contributed by atoms with van der Waals surface area (Å²) in [6, 6.07) is 6.16. The van der Waals surface area contributed by atoms with Crippen LogP contribution >= 0.6 is 0 Å². The first-order chi connectivity index (χ1) is 9.15. The normalized spacial score (nSPS) is 11.3. The number of para-hydroxylation sites is 1. The van der Waals surface area contributed by atoms with Gasteiger partial charge in [-0.1, -0.05) is 12.1 Å². The molecule has 0 aliphatic carbocycles. The molecular formula is C14H17N5. The molecule has 98 valence electrons. The summed E-state index contributed by atoms with van der Waals surface area (Å²) in [5.41, 5.74) is 10.5. The third-order valence-electron chi connectivity index (χ3n) is 3.39. The Hall–Kier alpha value is -2.30. The molecule has 0 bridgehead atoms. The van der Waals surface area contributed by atoms with Crippen LogP contribution in [0.1, 0.15) is 11.1 Å². The van der Waals surface area contributed by atoms with Crippen molar-refractivity contribution in [1.29, 1.82) is 0 Å². The lowest BCUT2D eigenvalue weighted by molar-refractivity contribution is 0.723. The minimum Gasteiger partial charge on any atom is -0.369 e. The van der Waals surface area contributed by atoms with Crippen LogP contribution in [-0.4, -0.2) is 19.3 Å². The maximum absolute atomic E-state index is 6.02. The van der Waals surface area contributed by atoms with Crippen LogP contribution in [0.3, 0.4) is 0 Å². The van der Waals surface area contributed by atoms with Gasteiger partial charge in [0.25, 0.3) is 0 Å². The highest BCUT2D eigenvalue weighted by atomic mass is 15.2. The molecule has 2 N–H and O–H groups in total. The number of aryl methyl sites for hydroxylation is 4. The molecule has 0 fully saturated rings. The Morgan fingerprint density at radius 3 is 2.89 bits per heavy atom. The third-order valence-corrected chi connectivity index (χ3v) is 3.39. The summed E-state index contributed by atoms with van der Waals surface area (Å²) >= 11 is 0. The largest absolute Gasteiger partial charge is 0.369 e. The molecule has 5 nitrogen and oxygen atoms in total. The van der Waals surface area contributed by atoms with Crippen LogP contribution < -0.4 is 5.73 Å². The highest BCUT2D eigenvalue weighted by molar-refractivity contribution is 5.81. The second-order valence-electron chi connectivity index (χ2n) is 4.84. The monoisotopic (exact) mass is 255 g/mol. The number of rotatable bonds is 3. The molecule has 1 aromatic carbocycles. The average molecular weight is 255 g/mol. The van der Waals surface area contributed by atoms with Crippen molar-refractivity contribution in [3.63, 3.8) is 0 Å². The Kier molecular flexibility index (Phi) is 2.74. The Labute approximate surface area is 111 Å². The second kappa shape index (κ2) is 4.42. The fourth-order valence-electron chi connectivity index (χ4n) is 2.38. The number of imidazole rings is 1. The number of aromatic nitrogens is 4. The van der Waals surface area contributed by atoms with Crippen molar-refractivity contribution in [3.05, 3.63) is 41.7 Å². The number of fused-ring (bicyclic) bond motifs is 1. The lowest BCUT2D eigenvalue weighted by atomic mass is 10.2. The van der Waals surface area contributed by atoms with Gasteiger partial charge in [-0.3, -0.25) is 4.68 Å². The van der Waals surface area contributed by atoms with Crippen molar-refractivity contribution in [3.8, 4) is 0 Å². The molecule has 0 aliphatic heterocycles. The summed E-state index contributed by atoms with van der Waals surface area (Å²) in [4.78, 5) is 4.45. The SMILES string of the molecule is Cc1cccc2c1nc(N)n2CCc1cnn(C)c1. The predicted molar refractivity (Wildman–Crippen MR) is 75.8 cm³/mol. The van der Waals surface area contributed by atoms with Crippen LogP contribution in [0.2, 0.25) is 0 Å². The van der Waals surface area contributed by atoms with Gasteiger partial charge in [0.05, 0.1) is 17.2 Å². The lowest BCUT2D eigenvalue weighted by Gasteiger charge is -2.05. The Bertz CT molecular complexity index is 723. The fraction of sp³-hybridized carbons (Fsp3) is 0.286. The van der Waals surface area contributed by atoms with Gasteiger partial charge in [0.2, 0.25) is 5.95 Å². The fourth-order valence-corrected chi connectivity index (χ4v) is 2.38. The van der Waals surface area contributed by atoms with Crippen LogP contribution in [0, 0.1) is 6.92 Å². The zero-order valence-electron chi connectivity index (χ0n) is 11.2. The molecule has 0 aliphatic rings. The van der Waals surface area contributed by atoms with Crippen LogP contribution in [0.4, 0.5) is 5.95 Å². The molecule has 5 heteroatoms. The zero-order chi connectivity index (χ0) is 13.4. The summed E-state index contributed by atoms with van der Waals surface area (Å²) in [6.07, 6.45) is 4.82. The van der Waals surface area contributed by atoms with Crippen molar-refractivity contribution < 1.29 is 0 Å². The van der Waals surface area contributed by atoms with Gasteiger partial charge in [0.15, 0.2) is 0 Å². The topological polar surface area (TPSA) is 61.7 Å². The number of anilines is 1. The minimum absolute atomic E-state index is 0.577. The predicted octanol–water partition coefficient (Wildman–Crippen LogP) is 1.90. The molecule has 2 heterocycles. The van der Waals surface area contributed by atoms with Crippen molar-refractivity contribution in [2.75, 3.05) is 5.73 Å². The number of nitrogens with two attached hydrogens (primary N) is 1. The van der Waals surface area contributed by atoms with Gasteiger partial charge in [-0.05, 0) is 30.5 Å². The summed E-state index contributed by atoms with van der Waals surface area (Å²) in [5, 5.41) is 4.18. The van der Waals surface area contributed by atoms with Crippen LogP contribution in [0.5, 0.6) is 0 Å². The Balaban J connectivity index is 1.92. The highest BCUT2D eigenvalue weighted by Gasteiger charge is 2.09. The molecule has 3 rings (SSSR count). The van der Waals surface area contributed by atoms with Gasteiger partial charge in [-0.25, -0.2) is 4.98 Å². The second-order valence-corrected chi connectivity index (χ2v) is 4.84. The van der Waals surface area contributed by atoms with Gasteiger partial charge >= 0.3 is 0 Å². The molecule has 0 saturated carbocycles. The standard InChI is InChI=1S/C14H17N5/c1-10-4-3-5-12-13(10)17-14(15)19(12)7-6-11-8-16-18(2)9-11/h3-5,8-9H,6-7H2,1-2H3,(H2,15,17). The molecule has 2 aromatic heterocycles. The van der Waals surface area contributed by atoms with Gasteiger partial charge in [0, 0.05) is 19.8 Å². The van der Waals surface area contributed by atoms with E-state index in [0.29, 0.717) is 5.95 Å². The van der Waals surface area contributed by atoms with Gasteiger partial charge in [-0.15, -0.1) is 0 Å². The van der Waals surface area contributed by atoms with Crippen LogP contribution in [0.25, 0.3) is 11.0 Å². The molecule has 19 heavy (non-hydrogen) atoms. The smallest absolute Gasteiger partial charge is 0.201 e. The molecule has 0 saturated heterocycles. The van der Waals surface area contributed by atoms with Crippen LogP contribution in [0.15, 0.2) is 30.6 Å². The van der Waals surface area contributed by atoms with E-state index in [4.69, 9.17) is 5.73 Å². The molecular weight excluding hydrogens is 238 g/mol. The molecule has 0 spiro atoms. The number of hydrogen-bond acceptors (Lipinski definition) is 3. The summed E-state index contributed by atoms with van der Waals surface area (Å²) in [6.45, 7) is 2.87. The van der Waals surface area contributed by atoms with E-state index in [1.165, 1.54) is 5.56 Å². The van der Waals surface area contributed by atoms with Crippen molar-refractivity contribution >= 4 is 17.0 Å². The van der Waals surface area contributed by atoms with Crippen molar-refractivity contribution in [1.82, 2.24) is 19.3 Å². The molecule has 0 unspecified atom stereocenters. The number of nitrogen functional groups attached to an aromatic ring is 1. The minimum atomic E-state index is 0.577. The summed E-state index contributed by atoms with van der Waals surface area (Å²) in [5.74, 6) is 0.577. The van der Waals surface area contributed by atoms with E-state index in [0.717, 1.165) is 29.6 Å². The number of benzene rings is 1. The van der Waals surface area contributed by atoms with Crippen LogP contribution in [-0.2, 0) is 20.0 Å². The van der Waals surface area contributed by atoms with E-state index in [9.17, 15) is 0 Å². The first-order valence-electron chi connectivity index (χ1n) is 6.34.